The predicted molar refractivity (Wildman–Crippen MR) is 123 cm³/mol. The molecule has 1 N–H and O–H groups in total. The monoisotopic (exact) mass is 535 g/mol. The Morgan fingerprint density at radius 1 is 0.711 bits per heavy atom. The molecule has 4 aromatic rings. The number of furan rings is 1. The number of rotatable bonds is 8. The summed E-state index contributed by atoms with van der Waals surface area (Å²) in [5.41, 5.74) is -0.864. The Morgan fingerprint density at radius 2 is 1.26 bits per heavy atom. The number of ether oxygens (including phenoxy) is 2. The van der Waals surface area contributed by atoms with Crippen LogP contribution in [0.2, 0.25) is 0 Å². The zero-order valence-corrected chi connectivity index (χ0v) is 19.3. The van der Waals surface area contributed by atoms with Crippen LogP contribution >= 0.6 is 0 Å². The van der Waals surface area contributed by atoms with Gasteiger partial charge in [0.15, 0.2) is 5.76 Å². The van der Waals surface area contributed by atoms with Gasteiger partial charge in [0.1, 0.15) is 11.5 Å². The lowest BCUT2D eigenvalue weighted by atomic mass is 9.77. The molecule has 0 aliphatic carbocycles. The molecule has 0 fully saturated rings. The van der Waals surface area contributed by atoms with Crippen LogP contribution < -0.4 is 14.8 Å². The van der Waals surface area contributed by atoms with E-state index in [-0.39, 0.29) is 23.3 Å². The van der Waals surface area contributed by atoms with Crippen LogP contribution in [0.15, 0.2) is 102 Å². The van der Waals surface area contributed by atoms with Gasteiger partial charge >= 0.3 is 12.7 Å². The van der Waals surface area contributed by atoms with Crippen molar-refractivity contribution in [2.45, 2.75) is 24.7 Å². The highest BCUT2D eigenvalue weighted by molar-refractivity contribution is 5.92. The zero-order chi connectivity index (χ0) is 27.4. The minimum atomic E-state index is -5.00. The van der Waals surface area contributed by atoms with Gasteiger partial charge in [0.25, 0.3) is 5.91 Å². The quantitative estimate of drug-likeness (QED) is 0.247. The van der Waals surface area contributed by atoms with Gasteiger partial charge in [0, 0.05) is 6.42 Å². The van der Waals surface area contributed by atoms with Crippen molar-refractivity contribution in [1.82, 2.24) is 5.32 Å². The van der Waals surface area contributed by atoms with Crippen LogP contribution in [0.4, 0.5) is 26.3 Å². The van der Waals surface area contributed by atoms with E-state index in [1.54, 1.807) is 30.3 Å². The van der Waals surface area contributed by atoms with Gasteiger partial charge in [-0.3, -0.25) is 4.79 Å². The average molecular weight is 535 g/mol. The number of amides is 1. The fourth-order valence-corrected chi connectivity index (χ4v) is 4.04. The van der Waals surface area contributed by atoms with Gasteiger partial charge < -0.3 is 19.2 Å². The largest absolute Gasteiger partial charge is 0.573 e. The second-order valence-electron chi connectivity index (χ2n) is 8.15. The number of halogens is 6. The molecule has 0 aliphatic heterocycles. The Kier molecular flexibility index (Phi) is 7.38. The highest BCUT2D eigenvalue weighted by Gasteiger charge is 2.39. The van der Waals surface area contributed by atoms with Gasteiger partial charge in [-0.15, -0.1) is 26.3 Å². The third-order valence-corrected chi connectivity index (χ3v) is 5.50. The van der Waals surface area contributed by atoms with Crippen molar-refractivity contribution < 1.29 is 45.0 Å². The molecule has 1 amide bonds. The number of hydrogen-bond donors (Lipinski definition) is 1. The fraction of sp³-hybridized carbons (Fsp3) is 0.148. The SMILES string of the molecule is O=C(NC(Cc1ccccc1)(c1cccc(OC(F)(F)F)c1)c1cccc(OC(F)(F)F)c1)c1ccco1. The molecule has 0 saturated heterocycles. The minimum Gasteiger partial charge on any atom is -0.459 e. The number of benzene rings is 3. The van der Waals surface area contributed by atoms with Gasteiger partial charge in [0.2, 0.25) is 0 Å². The van der Waals surface area contributed by atoms with Crippen molar-refractivity contribution >= 4 is 5.91 Å². The normalized spacial score (nSPS) is 12.2. The molecule has 4 rings (SSSR count). The number of hydrogen-bond acceptors (Lipinski definition) is 4. The molecule has 1 heterocycles. The lowest BCUT2D eigenvalue weighted by Crippen LogP contribution is -2.48. The van der Waals surface area contributed by atoms with E-state index >= 15 is 0 Å². The fourth-order valence-electron chi connectivity index (χ4n) is 4.04. The van der Waals surface area contributed by atoms with E-state index in [0.29, 0.717) is 5.56 Å². The standard InChI is InChI=1S/C27H19F6NO4/c28-26(29,30)37-21-11-4-9-19(15-21)25(17-18-7-2-1-3-8-18,34-24(35)23-13-6-14-36-23)20-10-5-12-22(16-20)38-27(31,32)33/h1-16H,17H2,(H,34,35). The van der Waals surface area contributed by atoms with Gasteiger partial charge in [-0.05, 0) is 53.1 Å². The summed E-state index contributed by atoms with van der Waals surface area (Å²) in [6.07, 6.45) is -8.81. The highest BCUT2D eigenvalue weighted by atomic mass is 19.4. The lowest BCUT2D eigenvalue weighted by molar-refractivity contribution is -0.275. The molecule has 0 radical (unpaired) electrons. The average Bonchev–Trinajstić information content (AvgIpc) is 3.38. The Bertz CT molecular complexity index is 1310. The summed E-state index contributed by atoms with van der Waals surface area (Å²) >= 11 is 0. The highest BCUT2D eigenvalue weighted by Crippen LogP contribution is 2.38. The van der Waals surface area contributed by atoms with E-state index in [9.17, 15) is 31.1 Å². The first kappa shape index (κ1) is 26.6. The molecule has 1 aromatic heterocycles. The molecule has 0 aliphatic rings. The summed E-state index contributed by atoms with van der Waals surface area (Å²) in [6.45, 7) is 0. The number of carbonyl (C=O) groups is 1. The molecule has 0 unspecified atom stereocenters. The van der Waals surface area contributed by atoms with Crippen molar-refractivity contribution in [2.24, 2.45) is 0 Å². The molecular weight excluding hydrogens is 516 g/mol. The first-order valence-electron chi connectivity index (χ1n) is 11.1. The summed E-state index contributed by atoms with van der Waals surface area (Å²) < 4.78 is 91.5. The third-order valence-electron chi connectivity index (χ3n) is 5.50. The summed E-state index contributed by atoms with van der Waals surface area (Å²) in [7, 11) is 0. The molecule has 11 heteroatoms. The molecule has 0 atom stereocenters. The maximum absolute atomic E-state index is 13.3. The Labute approximate surface area is 212 Å². The second-order valence-corrected chi connectivity index (χ2v) is 8.15. The first-order valence-corrected chi connectivity index (χ1v) is 11.1. The van der Waals surface area contributed by atoms with E-state index in [2.05, 4.69) is 14.8 Å². The van der Waals surface area contributed by atoms with Gasteiger partial charge in [-0.2, -0.15) is 0 Å². The lowest BCUT2D eigenvalue weighted by Gasteiger charge is -2.36. The van der Waals surface area contributed by atoms with Crippen LogP contribution in [-0.4, -0.2) is 18.6 Å². The minimum absolute atomic E-state index is 0.0643. The van der Waals surface area contributed by atoms with Crippen molar-refractivity contribution in [3.05, 3.63) is 120 Å². The molecule has 38 heavy (non-hydrogen) atoms. The molecule has 3 aromatic carbocycles. The Morgan fingerprint density at radius 3 is 1.74 bits per heavy atom. The molecule has 0 saturated carbocycles. The molecular formula is C27H19F6NO4. The summed E-state index contributed by atoms with van der Waals surface area (Å²) in [5.74, 6) is -2.03. The predicted octanol–water partition coefficient (Wildman–Crippen LogP) is 6.99. The zero-order valence-electron chi connectivity index (χ0n) is 19.3. The van der Waals surface area contributed by atoms with Crippen LogP contribution in [-0.2, 0) is 12.0 Å². The van der Waals surface area contributed by atoms with Crippen LogP contribution in [0.5, 0.6) is 11.5 Å². The first-order chi connectivity index (χ1) is 17.9. The van der Waals surface area contributed by atoms with Gasteiger partial charge in [0.05, 0.1) is 11.8 Å². The Balaban J connectivity index is 1.93. The molecule has 5 nitrogen and oxygen atoms in total. The van der Waals surface area contributed by atoms with Crippen molar-refractivity contribution in [3.63, 3.8) is 0 Å². The maximum Gasteiger partial charge on any atom is 0.573 e. The molecule has 0 spiro atoms. The van der Waals surface area contributed by atoms with Gasteiger partial charge in [-0.1, -0.05) is 54.6 Å². The smallest absolute Gasteiger partial charge is 0.459 e. The number of nitrogens with one attached hydrogen (secondary N) is 1. The van der Waals surface area contributed by atoms with Crippen LogP contribution in [0, 0.1) is 0 Å². The molecule has 0 bridgehead atoms. The van der Waals surface area contributed by atoms with Crippen LogP contribution in [0.25, 0.3) is 0 Å². The van der Waals surface area contributed by atoms with Crippen molar-refractivity contribution in [2.75, 3.05) is 0 Å². The topological polar surface area (TPSA) is 60.7 Å². The number of alkyl halides is 6. The maximum atomic E-state index is 13.3. The van der Waals surface area contributed by atoms with E-state index in [1.807, 2.05) is 0 Å². The molecule has 198 valence electrons. The second kappa shape index (κ2) is 10.5. The van der Waals surface area contributed by atoms with E-state index in [4.69, 9.17) is 4.42 Å². The van der Waals surface area contributed by atoms with Crippen molar-refractivity contribution in [3.8, 4) is 11.5 Å². The van der Waals surface area contributed by atoms with Gasteiger partial charge in [-0.25, -0.2) is 0 Å². The van der Waals surface area contributed by atoms with Crippen LogP contribution in [0.3, 0.4) is 0 Å². The summed E-state index contributed by atoms with van der Waals surface area (Å²) in [4.78, 5) is 13.3. The number of carbonyl (C=O) groups excluding carboxylic acids is 1. The van der Waals surface area contributed by atoms with E-state index in [0.717, 1.165) is 24.3 Å². The van der Waals surface area contributed by atoms with E-state index in [1.165, 1.54) is 42.7 Å². The third kappa shape index (κ3) is 6.67. The van der Waals surface area contributed by atoms with Crippen molar-refractivity contribution in [1.29, 1.82) is 0 Å². The Hall–Kier alpha value is -4.41. The summed E-state index contributed by atoms with van der Waals surface area (Å²) in [5, 5.41) is 2.79. The van der Waals surface area contributed by atoms with E-state index < -0.39 is 35.7 Å². The van der Waals surface area contributed by atoms with Crippen LogP contribution in [0.1, 0.15) is 27.2 Å². The summed E-state index contributed by atoms with van der Waals surface area (Å²) in [6, 6.07) is 21.1.